The normalized spacial score (nSPS) is 16.6. The Kier molecular flexibility index (Phi) is 5.97. The fourth-order valence-electron chi connectivity index (χ4n) is 4.58. The van der Waals surface area contributed by atoms with Crippen molar-refractivity contribution < 1.29 is 41.7 Å². The third-order valence-corrected chi connectivity index (χ3v) is 6.36. The summed E-state index contributed by atoms with van der Waals surface area (Å²) in [6.07, 6.45) is -4.35. The number of amides is 2. The Morgan fingerprint density at radius 3 is 2.49 bits per heavy atom. The number of rotatable bonds is 4. The Balaban J connectivity index is 1.33. The van der Waals surface area contributed by atoms with E-state index in [9.17, 15) is 22.8 Å². The molecule has 0 atom stereocenters. The van der Waals surface area contributed by atoms with Gasteiger partial charge >= 0.3 is 6.36 Å². The third kappa shape index (κ3) is 4.66. The van der Waals surface area contributed by atoms with Gasteiger partial charge in [-0.25, -0.2) is 4.98 Å². The smallest absolute Gasteiger partial charge is 0.496 e. The summed E-state index contributed by atoms with van der Waals surface area (Å²) < 4.78 is 58.4. The van der Waals surface area contributed by atoms with Crippen LogP contribution < -0.4 is 24.3 Å². The predicted octanol–water partition coefficient (Wildman–Crippen LogP) is 3.91. The number of carbonyl (C=O) groups is 2. The van der Waals surface area contributed by atoms with Crippen LogP contribution in [0.1, 0.15) is 33.7 Å². The number of carbonyl (C=O) groups excluding carboxylic acids is 2. The molecule has 3 aromatic rings. The number of alkyl halides is 3. The summed E-state index contributed by atoms with van der Waals surface area (Å²) in [5, 5.41) is 3.45. The van der Waals surface area contributed by atoms with Gasteiger partial charge in [-0.05, 0) is 30.3 Å². The van der Waals surface area contributed by atoms with E-state index in [-0.39, 0.29) is 48.8 Å². The first-order valence-corrected chi connectivity index (χ1v) is 11.3. The first-order valence-electron chi connectivity index (χ1n) is 11.3. The van der Waals surface area contributed by atoms with Crippen LogP contribution >= 0.6 is 0 Å². The number of aromatic nitrogens is 1. The minimum Gasteiger partial charge on any atom is -0.496 e. The van der Waals surface area contributed by atoms with E-state index in [2.05, 4.69) is 15.0 Å². The maximum Gasteiger partial charge on any atom is 0.573 e. The molecule has 0 radical (unpaired) electrons. The molecule has 5 rings (SSSR count). The quantitative estimate of drug-likeness (QED) is 0.560. The molecular weight excluding hydrogens is 495 g/mol. The van der Waals surface area contributed by atoms with Crippen LogP contribution in [-0.4, -0.2) is 61.1 Å². The van der Waals surface area contributed by atoms with Crippen molar-refractivity contribution in [1.29, 1.82) is 0 Å². The van der Waals surface area contributed by atoms with Crippen LogP contribution in [0.25, 0.3) is 10.9 Å². The van der Waals surface area contributed by atoms with E-state index in [0.717, 1.165) is 12.1 Å². The van der Waals surface area contributed by atoms with Crippen molar-refractivity contribution in [3.05, 3.63) is 53.7 Å². The average molecular weight is 517 g/mol. The zero-order chi connectivity index (χ0) is 26.4. The number of methoxy groups -OCH3 is 2. The van der Waals surface area contributed by atoms with Crippen molar-refractivity contribution >= 4 is 22.7 Å². The van der Waals surface area contributed by atoms with Crippen LogP contribution in [0.2, 0.25) is 0 Å². The van der Waals surface area contributed by atoms with Crippen molar-refractivity contribution in [1.82, 2.24) is 15.2 Å². The highest BCUT2D eigenvalue weighted by molar-refractivity contribution is 6.00. The van der Waals surface area contributed by atoms with Gasteiger partial charge in [0.05, 0.1) is 19.8 Å². The van der Waals surface area contributed by atoms with E-state index in [1.165, 1.54) is 20.3 Å². The molecule has 2 aromatic carbocycles. The van der Waals surface area contributed by atoms with Gasteiger partial charge in [-0.3, -0.25) is 9.59 Å². The molecule has 1 saturated heterocycles. The van der Waals surface area contributed by atoms with Crippen LogP contribution in [-0.2, 0) is 0 Å². The maximum absolute atomic E-state index is 13.3. The predicted molar refractivity (Wildman–Crippen MR) is 124 cm³/mol. The lowest BCUT2D eigenvalue weighted by Gasteiger charge is -2.44. The van der Waals surface area contributed by atoms with Gasteiger partial charge in [-0.1, -0.05) is 6.07 Å². The van der Waals surface area contributed by atoms with Gasteiger partial charge in [0, 0.05) is 37.4 Å². The van der Waals surface area contributed by atoms with E-state index >= 15 is 0 Å². The third-order valence-electron chi connectivity index (χ3n) is 6.36. The molecule has 0 unspecified atom stereocenters. The monoisotopic (exact) mass is 517 g/mol. The molecule has 12 heteroatoms. The van der Waals surface area contributed by atoms with Gasteiger partial charge in [0.1, 0.15) is 34.2 Å². The second-order valence-electron chi connectivity index (χ2n) is 8.61. The number of likely N-dealkylation sites (tertiary alicyclic amines) is 1. The van der Waals surface area contributed by atoms with Crippen LogP contribution in [0.15, 0.2) is 42.5 Å². The van der Waals surface area contributed by atoms with E-state index in [1.807, 2.05) is 6.07 Å². The summed E-state index contributed by atoms with van der Waals surface area (Å²) in [6.45, 7) is 0.495. The van der Waals surface area contributed by atoms with Crippen molar-refractivity contribution in [3.63, 3.8) is 0 Å². The zero-order valence-corrected chi connectivity index (χ0v) is 19.8. The summed E-state index contributed by atoms with van der Waals surface area (Å²) in [5.41, 5.74) is -0.479. The molecule has 1 fully saturated rings. The summed E-state index contributed by atoms with van der Waals surface area (Å²) in [6, 6.07) is 10.3. The molecule has 9 nitrogen and oxygen atoms in total. The molecular formula is C25H22F3N3O6. The molecule has 2 aliphatic rings. The lowest BCUT2D eigenvalue weighted by molar-refractivity contribution is -0.274. The van der Waals surface area contributed by atoms with Crippen molar-refractivity contribution in [3.8, 4) is 23.0 Å². The van der Waals surface area contributed by atoms with E-state index in [1.54, 1.807) is 23.1 Å². The number of nitrogens with one attached hydrogen (secondary N) is 1. The van der Waals surface area contributed by atoms with Gasteiger partial charge in [0.2, 0.25) is 0 Å². The SMILES string of the molecule is COc1cc(C(=O)N2CCC3(CC2)NC(=O)c2cc(OC(F)(F)F)ccc2O3)nc2c(OC)cccc12. The first kappa shape index (κ1) is 24.5. The molecule has 1 spiro atoms. The summed E-state index contributed by atoms with van der Waals surface area (Å²) in [5.74, 6) is -0.292. The van der Waals surface area contributed by atoms with Crippen molar-refractivity contribution in [2.24, 2.45) is 0 Å². The number of para-hydroxylation sites is 1. The van der Waals surface area contributed by atoms with Gasteiger partial charge in [0.25, 0.3) is 11.8 Å². The molecule has 1 N–H and O–H groups in total. The molecule has 2 aliphatic heterocycles. The Morgan fingerprint density at radius 2 is 1.81 bits per heavy atom. The lowest BCUT2D eigenvalue weighted by Crippen LogP contribution is -2.61. The van der Waals surface area contributed by atoms with Crippen LogP contribution in [0.4, 0.5) is 13.2 Å². The second-order valence-corrected chi connectivity index (χ2v) is 8.61. The Labute approximate surface area is 209 Å². The van der Waals surface area contributed by atoms with E-state index in [4.69, 9.17) is 14.2 Å². The molecule has 2 amide bonds. The molecule has 1 aromatic heterocycles. The number of nitrogens with zero attached hydrogens (tertiary/aromatic N) is 2. The number of halogens is 3. The summed E-state index contributed by atoms with van der Waals surface area (Å²) >= 11 is 0. The largest absolute Gasteiger partial charge is 0.573 e. The molecule has 3 heterocycles. The molecule has 194 valence electrons. The highest BCUT2D eigenvalue weighted by Gasteiger charge is 2.44. The highest BCUT2D eigenvalue weighted by Crippen LogP contribution is 2.37. The molecule has 37 heavy (non-hydrogen) atoms. The number of benzene rings is 2. The van der Waals surface area contributed by atoms with Crippen LogP contribution in [0.3, 0.4) is 0 Å². The van der Waals surface area contributed by atoms with Crippen LogP contribution in [0, 0.1) is 0 Å². The number of hydrogen-bond acceptors (Lipinski definition) is 7. The Hall–Kier alpha value is -4.22. The fourth-order valence-corrected chi connectivity index (χ4v) is 4.58. The standard InChI is InChI=1S/C25H22F3N3O6/c1-34-19-5-3-4-15-20(35-2)13-17(29-21(15)19)23(33)31-10-8-24(9-11-31)30-22(32)16-12-14(36-25(26,27)28)6-7-18(16)37-24/h3-7,12-13H,8-11H2,1-2H3,(H,30,32). The van der Waals surface area contributed by atoms with E-state index in [0.29, 0.717) is 22.4 Å². The zero-order valence-electron chi connectivity index (χ0n) is 19.8. The summed E-state index contributed by atoms with van der Waals surface area (Å²) in [7, 11) is 3.02. The number of hydrogen-bond donors (Lipinski definition) is 1. The summed E-state index contributed by atoms with van der Waals surface area (Å²) in [4.78, 5) is 32.2. The minimum absolute atomic E-state index is 0.0627. The first-order chi connectivity index (χ1) is 17.6. The van der Waals surface area contributed by atoms with Crippen LogP contribution in [0.5, 0.6) is 23.0 Å². The average Bonchev–Trinajstić information content (AvgIpc) is 2.87. The number of pyridine rings is 1. The van der Waals surface area contributed by atoms with E-state index < -0.39 is 23.7 Å². The Morgan fingerprint density at radius 1 is 1.08 bits per heavy atom. The van der Waals surface area contributed by atoms with Gasteiger partial charge in [-0.2, -0.15) is 0 Å². The van der Waals surface area contributed by atoms with Crippen molar-refractivity contribution in [2.45, 2.75) is 24.9 Å². The topological polar surface area (TPSA) is 99.2 Å². The second kappa shape index (κ2) is 9.02. The number of piperidine rings is 1. The van der Waals surface area contributed by atoms with Gasteiger partial charge in [-0.15, -0.1) is 13.2 Å². The highest BCUT2D eigenvalue weighted by atomic mass is 19.4. The maximum atomic E-state index is 13.3. The number of ether oxygens (including phenoxy) is 4. The Bertz CT molecular complexity index is 1390. The lowest BCUT2D eigenvalue weighted by atomic mass is 9.96. The fraction of sp³-hybridized carbons (Fsp3) is 0.320. The van der Waals surface area contributed by atoms with Gasteiger partial charge < -0.3 is 29.2 Å². The van der Waals surface area contributed by atoms with Crippen molar-refractivity contribution in [2.75, 3.05) is 27.3 Å². The van der Waals surface area contributed by atoms with Gasteiger partial charge in [0.15, 0.2) is 5.72 Å². The molecule has 0 aliphatic carbocycles. The minimum atomic E-state index is -4.88. The molecule has 0 bridgehead atoms. The number of fused-ring (bicyclic) bond motifs is 2. The molecule has 0 saturated carbocycles.